The van der Waals surface area contributed by atoms with Gasteiger partial charge in [0.1, 0.15) is 0 Å². The fraction of sp³-hybridized carbons (Fsp3) is 0.545. The van der Waals surface area contributed by atoms with Crippen LogP contribution < -0.4 is 0 Å². The summed E-state index contributed by atoms with van der Waals surface area (Å²) in [5.41, 5.74) is 2.65. The standard InChI is InChI=1S/C22H29N3O2/c1-21(2)9-15-10-22(3,12-21)13-25(15)19(26)14-6-7-18-16(8-14)17(11-23-18)20(27)24(4)5/h6-8,11,15,23H,9-10,12-13H2,1-5H3. The first kappa shape index (κ1) is 18.1. The number of hydrogen-bond acceptors (Lipinski definition) is 2. The lowest BCUT2D eigenvalue weighted by molar-refractivity contribution is 0.0707. The van der Waals surface area contributed by atoms with Gasteiger partial charge in [0.05, 0.1) is 5.56 Å². The van der Waals surface area contributed by atoms with Gasteiger partial charge in [0, 0.05) is 49.3 Å². The Balaban J connectivity index is 1.68. The molecule has 5 heteroatoms. The summed E-state index contributed by atoms with van der Waals surface area (Å²) >= 11 is 0. The van der Waals surface area contributed by atoms with E-state index >= 15 is 0 Å². The van der Waals surface area contributed by atoms with Crippen LogP contribution in [0.3, 0.4) is 0 Å². The zero-order valence-corrected chi connectivity index (χ0v) is 16.9. The van der Waals surface area contributed by atoms with Crippen molar-refractivity contribution in [2.24, 2.45) is 10.8 Å². The molecule has 2 heterocycles. The number of benzene rings is 1. The van der Waals surface area contributed by atoms with Crippen LogP contribution in [0.1, 0.15) is 60.7 Å². The zero-order chi connectivity index (χ0) is 19.6. The number of aromatic nitrogens is 1. The van der Waals surface area contributed by atoms with Crippen molar-refractivity contribution in [2.45, 2.75) is 46.1 Å². The van der Waals surface area contributed by atoms with E-state index in [0.29, 0.717) is 17.2 Å². The Morgan fingerprint density at radius 1 is 1.19 bits per heavy atom. The Morgan fingerprint density at radius 3 is 2.63 bits per heavy atom. The fourth-order valence-corrected chi connectivity index (χ4v) is 5.53. The summed E-state index contributed by atoms with van der Waals surface area (Å²) in [5.74, 6) is 0.0323. The van der Waals surface area contributed by atoms with E-state index in [1.807, 2.05) is 18.2 Å². The summed E-state index contributed by atoms with van der Waals surface area (Å²) in [7, 11) is 3.48. The van der Waals surface area contributed by atoms with Crippen LogP contribution in [-0.4, -0.2) is 53.3 Å². The third-order valence-corrected chi connectivity index (χ3v) is 6.24. The zero-order valence-electron chi connectivity index (χ0n) is 16.9. The maximum Gasteiger partial charge on any atom is 0.255 e. The molecule has 1 saturated heterocycles. The van der Waals surface area contributed by atoms with Crippen molar-refractivity contribution in [1.29, 1.82) is 0 Å². The van der Waals surface area contributed by atoms with E-state index in [0.717, 1.165) is 30.3 Å². The third kappa shape index (κ3) is 3.03. The molecule has 1 aliphatic carbocycles. The number of nitrogens with one attached hydrogen (secondary N) is 1. The lowest BCUT2D eigenvalue weighted by atomic mass is 9.65. The SMILES string of the molecule is CN(C)C(=O)c1c[nH]c2ccc(C(=O)N3CC4(C)CC3CC(C)(C)C4)cc12. The predicted molar refractivity (Wildman–Crippen MR) is 107 cm³/mol. The van der Waals surface area contributed by atoms with E-state index in [4.69, 9.17) is 0 Å². The van der Waals surface area contributed by atoms with Crippen molar-refractivity contribution >= 4 is 22.7 Å². The van der Waals surface area contributed by atoms with Crippen LogP contribution in [0.25, 0.3) is 10.9 Å². The van der Waals surface area contributed by atoms with Crippen LogP contribution in [0.4, 0.5) is 0 Å². The first-order valence-electron chi connectivity index (χ1n) is 9.72. The van der Waals surface area contributed by atoms with Gasteiger partial charge in [-0.3, -0.25) is 9.59 Å². The second kappa shape index (κ2) is 5.85. The summed E-state index contributed by atoms with van der Waals surface area (Å²) in [6, 6.07) is 5.97. The second-order valence-corrected chi connectivity index (χ2v) is 9.81. The quantitative estimate of drug-likeness (QED) is 0.875. The molecule has 2 aliphatic rings. The molecule has 27 heavy (non-hydrogen) atoms. The first-order chi connectivity index (χ1) is 12.6. The summed E-state index contributed by atoms with van der Waals surface area (Å²) in [6.45, 7) is 7.78. The molecule has 1 saturated carbocycles. The molecule has 0 spiro atoms. The van der Waals surface area contributed by atoms with E-state index in [9.17, 15) is 9.59 Å². The molecule has 1 aromatic heterocycles. The van der Waals surface area contributed by atoms with Gasteiger partial charge in [-0.1, -0.05) is 20.8 Å². The number of amides is 2. The Morgan fingerprint density at radius 2 is 1.93 bits per heavy atom. The molecular formula is C22H29N3O2. The van der Waals surface area contributed by atoms with E-state index in [1.165, 1.54) is 6.42 Å². The average molecular weight is 367 g/mol. The maximum absolute atomic E-state index is 13.3. The summed E-state index contributed by atoms with van der Waals surface area (Å²) < 4.78 is 0. The summed E-state index contributed by atoms with van der Waals surface area (Å²) in [6.07, 6.45) is 5.05. The Kier molecular flexibility index (Phi) is 3.92. The molecule has 1 aromatic carbocycles. The smallest absolute Gasteiger partial charge is 0.255 e. The number of likely N-dealkylation sites (tertiary alicyclic amines) is 1. The summed E-state index contributed by atoms with van der Waals surface area (Å²) in [4.78, 5) is 32.6. The van der Waals surface area contributed by atoms with Gasteiger partial charge in [0.15, 0.2) is 0 Å². The number of carbonyl (C=O) groups excluding carboxylic acids is 2. The van der Waals surface area contributed by atoms with Crippen LogP contribution in [0, 0.1) is 10.8 Å². The van der Waals surface area contributed by atoms with Crippen LogP contribution in [0.5, 0.6) is 0 Å². The highest BCUT2D eigenvalue weighted by molar-refractivity contribution is 6.08. The van der Waals surface area contributed by atoms with Crippen molar-refractivity contribution in [3.05, 3.63) is 35.5 Å². The molecule has 144 valence electrons. The second-order valence-electron chi connectivity index (χ2n) is 9.81. The normalized spacial score (nSPS) is 26.4. The highest BCUT2D eigenvalue weighted by atomic mass is 16.2. The van der Waals surface area contributed by atoms with Gasteiger partial charge in [-0.2, -0.15) is 0 Å². The van der Waals surface area contributed by atoms with Crippen molar-refractivity contribution in [3.63, 3.8) is 0 Å². The van der Waals surface area contributed by atoms with Crippen LogP contribution in [0.2, 0.25) is 0 Å². The van der Waals surface area contributed by atoms with E-state index in [-0.39, 0.29) is 22.6 Å². The number of aromatic amines is 1. The molecular weight excluding hydrogens is 338 g/mol. The number of nitrogens with zero attached hydrogens (tertiary/aromatic N) is 2. The molecule has 2 amide bonds. The molecule has 2 fully saturated rings. The number of fused-ring (bicyclic) bond motifs is 3. The Labute approximate surface area is 160 Å². The maximum atomic E-state index is 13.3. The van der Waals surface area contributed by atoms with E-state index < -0.39 is 0 Å². The van der Waals surface area contributed by atoms with Crippen LogP contribution in [-0.2, 0) is 0 Å². The van der Waals surface area contributed by atoms with Gasteiger partial charge in [-0.25, -0.2) is 0 Å². The minimum absolute atomic E-state index is 0.0582. The minimum atomic E-state index is -0.0582. The Hall–Kier alpha value is -2.30. The number of H-pyrrole nitrogens is 1. The molecule has 2 aromatic rings. The molecule has 1 aliphatic heterocycles. The number of rotatable bonds is 2. The number of carbonyl (C=O) groups is 2. The van der Waals surface area contributed by atoms with Crippen LogP contribution in [0.15, 0.2) is 24.4 Å². The van der Waals surface area contributed by atoms with E-state index in [2.05, 4.69) is 30.7 Å². The lowest BCUT2D eigenvalue weighted by Crippen LogP contribution is -2.37. The van der Waals surface area contributed by atoms with E-state index in [1.54, 1.807) is 25.2 Å². The molecule has 2 unspecified atom stereocenters. The monoisotopic (exact) mass is 367 g/mol. The van der Waals surface area contributed by atoms with Gasteiger partial charge in [0.25, 0.3) is 11.8 Å². The molecule has 4 rings (SSSR count). The van der Waals surface area contributed by atoms with Gasteiger partial charge in [-0.05, 0) is 48.3 Å². The largest absolute Gasteiger partial charge is 0.360 e. The first-order valence-corrected chi connectivity index (χ1v) is 9.72. The topological polar surface area (TPSA) is 56.4 Å². The lowest BCUT2D eigenvalue weighted by Gasteiger charge is -2.39. The molecule has 2 atom stereocenters. The van der Waals surface area contributed by atoms with Crippen LogP contribution >= 0.6 is 0 Å². The van der Waals surface area contributed by atoms with Crippen molar-refractivity contribution in [2.75, 3.05) is 20.6 Å². The third-order valence-electron chi connectivity index (χ3n) is 6.24. The summed E-state index contributed by atoms with van der Waals surface area (Å²) in [5, 5.41) is 0.813. The fourth-order valence-electron chi connectivity index (χ4n) is 5.53. The number of hydrogen-bond donors (Lipinski definition) is 1. The minimum Gasteiger partial charge on any atom is -0.360 e. The average Bonchev–Trinajstić information content (AvgIpc) is 3.09. The van der Waals surface area contributed by atoms with Gasteiger partial charge >= 0.3 is 0 Å². The van der Waals surface area contributed by atoms with Crippen molar-refractivity contribution in [3.8, 4) is 0 Å². The highest BCUT2D eigenvalue weighted by Crippen LogP contribution is 2.52. The predicted octanol–water partition coefficient (Wildman–Crippen LogP) is 3.91. The van der Waals surface area contributed by atoms with Crippen molar-refractivity contribution in [1.82, 2.24) is 14.8 Å². The molecule has 0 radical (unpaired) electrons. The molecule has 5 nitrogen and oxygen atoms in total. The molecule has 1 N–H and O–H groups in total. The van der Waals surface area contributed by atoms with Crippen molar-refractivity contribution < 1.29 is 9.59 Å². The van der Waals surface area contributed by atoms with Gasteiger partial charge < -0.3 is 14.8 Å². The van der Waals surface area contributed by atoms with Gasteiger partial charge in [-0.15, -0.1) is 0 Å². The Bertz CT molecular complexity index is 927. The highest BCUT2D eigenvalue weighted by Gasteiger charge is 2.51. The van der Waals surface area contributed by atoms with Gasteiger partial charge in [0.2, 0.25) is 0 Å². The molecule has 2 bridgehead atoms.